The van der Waals surface area contributed by atoms with Gasteiger partial charge in [0.15, 0.2) is 0 Å². The molecule has 21 heavy (non-hydrogen) atoms. The Hall–Kier alpha value is -1.46. The van der Waals surface area contributed by atoms with Crippen LogP contribution in [0.25, 0.3) is 11.5 Å². The maximum atomic E-state index is 12.2. The molecule has 1 amide bonds. The first-order chi connectivity index (χ1) is 10.2. The van der Waals surface area contributed by atoms with Gasteiger partial charge in [-0.25, -0.2) is 4.98 Å². The molecular weight excluding hydrogens is 308 g/mol. The van der Waals surface area contributed by atoms with Crippen LogP contribution in [0.4, 0.5) is 0 Å². The summed E-state index contributed by atoms with van der Waals surface area (Å²) in [6.07, 6.45) is 1.85. The van der Waals surface area contributed by atoms with Gasteiger partial charge < -0.3 is 9.32 Å². The van der Waals surface area contributed by atoms with Crippen LogP contribution >= 0.6 is 23.4 Å². The lowest BCUT2D eigenvalue weighted by Gasteiger charge is -2.26. The van der Waals surface area contributed by atoms with E-state index in [0.717, 1.165) is 30.2 Å². The van der Waals surface area contributed by atoms with Gasteiger partial charge in [0.25, 0.3) is 0 Å². The molecule has 0 atom stereocenters. The van der Waals surface area contributed by atoms with Crippen LogP contribution in [0.2, 0.25) is 5.02 Å². The highest BCUT2D eigenvalue weighted by Gasteiger charge is 2.18. The number of carbonyl (C=O) groups is 1. The SMILES string of the molecule is O=C(Cc1coc(-c2ccc(Cl)cc2)n1)N1CCSCC1. The van der Waals surface area contributed by atoms with Crippen LogP contribution in [0.5, 0.6) is 0 Å². The molecule has 1 saturated heterocycles. The molecule has 110 valence electrons. The molecule has 2 heterocycles. The van der Waals surface area contributed by atoms with E-state index in [2.05, 4.69) is 4.98 Å². The van der Waals surface area contributed by atoms with Gasteiger partial charge in [-0.1, -0.05) is 11.6 Å². The van der Waals surface area contributed by atoms with Crippen molar-refractivity contribution in [2.45, 2.75) is 6.42 Å². The van der Waals surface area contributed by atoms with Crippen molar-refractivity contribution in [3.8, 4) is 11.5 Å². The lowest BCUT2D eigenvalue weighted by Crippen LogP contribution is -2.38. The summed E-state index contributed by atoms with van der Waals surface area (Å²) in [6.45, 7) is 1.65. The standard InChI is InChI=1S/C15H15ClN2O2S/c16-12-3-1-11(2-4-12)15-17-13(10-20-15)9-14(19)18-5-7-21-8-6-18/h1-4,10H,5-9H2. The molecule has 0 N–H and O–H groups in total. The number of halogens is 1. The molecule has 0 spiro atoms. The third kappa shape index (κ3) is 3.60. The fourth-order valence-corrected chi connectivity index (χ4v) is 3.22. The third-order valence-electron chi connectivity index (χ3n) is 3.34. The molecule has 0 radical (unpaired) electrons. The smallest absolute Gasteiger partial charge is 0.228 e. The molecule has 6 heteroatoms. The van der Waals surface area contributed by atoms with E-state index < -0.39 is 0 Å². The van der Waals surface area contributed by atoms with E-state index in [4.69, 9.17) is 16.0 Å². The first-order valence-corrected chi connectivity index (χ1v) is 8.31. The summed E-state index contributed by atoms with van der Waals surface area (Å²) in [7, 11) is 0. The summed E-state index contributed by atoms with van der Waals surface area (Å²) in [6, 6.07) is 7.28. The van der Waals surface area contributed by atoms with Gasteiger partial charge in [0.1, 0.15) is 6.26 Å². The number of hydrogen-bond donors (Lipinski definition) is 0. The van der Waals surface area contributed by atoms with E-state index in [-0.39, 0.29) is 5.91 Å². The second kappa shape index (κ2) is 6.54. The summed E-state index contributed by atoms with van der Waals surface area (Å²) in [5, 5.41) is 0.670. The monoisotopic (exact) mass is 322 g/mol. The van der Waals surface area contributed by atoms with Gasteiger partial charge >= 0.3 is 0 Å². The number of hydrogen-bond acceptors (Lipinski definition) is 4. The minimum absolute atomic E-state index is 0.117. The Morgan fingerprint density at radius 1 is 1.29 bits per heavy atom. The zero-order chi connectivity index (χ0) is 14.7. The highest BCUT2D eigenvalue weighted by atomic mass is 35.5. The van der Waals surface area contributed by atoms with Crippen LogP contribution in [0.15, 0.2) is 34.9 Å². The molecule has 0 unspecified atom stereocenters. The quantitative estimate of drug-likeness (QED) is 0.871. The molecule has 1 aliphatic rings. The topological polar surface area (TPSA) is 46.3 Å². The maximum Gasteiger partial charge on any atom is 0.228 e. The van der Waals surface area contributed by atoms with Crippen molar-refractivity contribution in [1.82, 2.24) is 9.88 Å². The molecule has 4 nitrogen and oxygen atoms in total. The van der Waals surface area contributed by atoms with Gasteiger partial charge in [0, 0.05) is 35.2 Å². The maximum absolute atomic E-state index is 12.2. The summed E-state index contributed by atoms with van der Waals surface area (Å²) in [4.78, 5) is 18.5. The molecule has 3 rings (SSSR count). The minimum atomic E-state index is 0.117. The van der Waals surface area contributed by atoms with Crippen molar-refractivity contribution >= 4 is 29.3 Å². The van der Waals surface area contributed by atoms with E-state index in [0.29, 0.717) is 23.0 Å². The molecular formula is C15H15ClN2O2S. The first-order valence-electron chi connectivity index (χ1n) is 6.78. The van der Waals surface area contributed by atoms with Gasteiger partial charge in [-0.2, -0.15) is 11.8 Å². The normalized spacial score (nSPS) is 15.2. The first kappa shape index (κ1) is 14.5. The van der Waals surface area contributed by atoms with Gasteiger partial charge in [-0.15, -0.1) is 0 Å². The Morgan fingerprint density at radius 3 is 2.71 bits per heavy atom. The number of rotatable bonds is 3. The number of thioether (sulfide) groups is 1. The lowest BCUT2D eigenvalue weighted by atomic mass is 10.2. The van der Waals surface area contributed by atoms with Crippen molar-refractivity contribution in [2.75, 3.05) is 24.6 Å². The Morgan fingerprint density at radius 2 is 2.00 bits per heavy atom. The zero-order valence-corrected chi connectivity index (χ0v) is 13.0. The van der Waals surface area contributed by atoms with Crippen LogP contribution in [-0.2, 0) is 11.2 Å². The van der Waals surface area contributed by atoms with Gasteiger partial charge in [-0.3, -0.25) is 4.79 Å². The second-order valence-electron chi connectivity index (χ2n) is 4.82. The minimum Gasteiger partial charge on any atom is -0.444 e. The van der Waals surface area contributed by atoms with Crippen LogP contribution in [0.3, 0.4) is 0 Å². The Kier molecular flexibility index (Phi) is 4.51. The van der Waals surface area contributed by atoms with Crippen molar-refractivity contribution in [1.29, 1.82) is 0 Å². The lowest BCUT2D eigenvalue weighted by molar-refractivity contribution is -0.130. The number of carbonyl (C=O) groups excluding carboxylic acids is 1. The average Bonchev–Trinajstić information content (AvgIpc) is 2.97. The van der Waals surface area contributed by atoms with E-state index in [1.54, 1.807) is 18.4 Å². The number of amides is 1. The molecule has 1 aromatic heterocycles. The summed E-state index contributed by atoms with van der Waals surface area (Å²) < 4.78 is 5.45. The average molecular weight is 323 g/mol. The second-order valence-corrected chi connectivity index (χ2v) is 6.48. The largest absolute Gasteiger partial charge is 0.444 e. The summed E-state index contributed by atoms with van der Waals surface area (Å²) >= 11 is 7.74. The molecule has 2 aromatic rings. The Bertz CT molecular complexity index is 621. The highest BCUT2D eigenvalue weighted by Crippen LogP contribution is 2.21. The summed E-state index contributed by atoms with van der Waals surface area (Å²) in [5.74, 6) is 2.66. The molecule has 0 saturated carbocycles. The zero-order valence-electron chi connectivity index (χ0n) is 11.4. The van der Waals surface area contributed by atoms with Crippen molar-refractivity contribution < 1.29 is 9.21 Å². The number of aromatic nitrogens is 1. The number of benzene rings is 1. The van der Waals surface area contributed by atoms with Gasteiger partial charge in [0.05, 0.1) is 12.1 Å². The van der Waals surface area contributed by atoms with Crippen molar-refractivity contribution in [3.63, 3.8) is 0 Å². The Labute approximate surface area is 132 Å². The van der Waals surface area contributed by atoms with Crippen LogP contribution < -0.4 is 0 Å². The predicted octanol–water partition coefficient (Wildman–Crippen LogP) is 3.11. The fourth-order valence-electron chi connectivity index (χ4n) is 2.19. The van der Waals surface area contributed by atoms with E-state index >= 15 is 0 Å². The van der Waals surface area contributed by atoms with Crippen molar-refractivity contribution in [3.05, 3.63) is 41.2 Å². The van der Waals surface area contributed by atoms with Crippen LogP contribution in [-0.4, -0.2) is 40.4 Å². The van der Waals surface area contributed by atoms with Gasteiger partial charge in [-0.05, 0) is 24.3 Å². The highest BCUT2D eigenvalue weighted by molar-refractivity contribution is 7.99. The summed E-state index contributed by atoms with van der Waals surface area (Å²) in [5.41, 5.74) is 1.52. The van der Waals surface area contributed by atoms with E-state index in [1.165, 1.54) is 0 Å². The molecule has 1 aromatic carbocycles. The fraction of sp³-hybridized carbons (Fsp3) is 0.333. The van der Waals surface area contributed by atoms with E-state index in [1.807, 2.05) is 28.8 Å². The number of oxazole rings is 1. The molecule has 0 aliphatic carbocycles. The van der Waals surface area contributed by atoms with Crippen LogP contribution in [0.1, 0.15) is 5.69 Å². The van der Waals surface area contributed by atoms with Gasteiger partial charge in [0.2, 0.25) is 11.8 Å². The van der Waals surface area contributed by atoms with Crippen molar-refractivity contribution in [2.24, 2.45) is 0 Å². The molecule has 1 aliphatic heterocycles. The predicted molar refractivity (Wildman–Crippen MR) is 84.6 cm³/mol. The molecule has 0 bridgehead atoms. The number of nitrogens with zero attached hydrogens (tertiary/aromatic N) is 2. The van der Waals surface area contributed by atoms with Crippen LogP contribution in [0, 0.1) is 0 Å². The third-order valence-corrected chi connectivity index (χ3v) is 4.53. The Balaban J connectivity index is 1.67. The molecule has 1 fully saturated rings. The van der Waals surface area contributed by atoms with E-state index in [9.17, 15) is 4.79 Å².